The van der Waals surface area contributed by atoms with Gasteiger partial charge in [0.25, 0.3) is 5.91 Å². The van der Waals surface area contributed by atoms with Crippen LogP contribution < -0.4 is 15.4 Å². The molecule has 0 fully saturated rings. The Morgan fingerprint density at radius 1 is 1.00 bits per heavy atom. The van der Waals surface area contributed by atoms with E-state index in [-0.39, 0.29) is 22.8 Å². The van der Waals surface area contributed by atoms with Crippen molar-refractivity contribution in [3.8, 4) is 11.5 Å². The summed E-state index contributed by atoms with van der Waals surface area (Å²) in [5.41, 5.74) is 2.36. The van der Waals surface area contributed by atoms with Crippen molar-refractivity contribution in [2.45, 2.75) is 45.1 Å². The van der Waals surface area contributed by atoms with Crippen LogP contribution in [-0.4, -0.2) is 36.6 Å². The van der Waals surface area contributed by atoms with E-state index in [1.807, 2.05) is 56.4 Å². The highest BCUT2D eigenvalue weighted by Crippen LogP contribution is 2.37. The number of phenols is 1. The lowest BCUT2D eigenvalue weighted by Crippen LogP contribution is -2.44. The van der Waals surface area contributed by atoms with E-state index in [0.717, 1.165) is 36.9 Å². The van der Waals surface area contributed by atoms with E-state index in [4.69, 9.17) is 27.9 Å². The largest absolute Gasteiger partial charge is 0.506 e. The molecular formula is C29H32Cl2N2O4. The Bertz CT molecular complexity index is 1200. The second-order valence-corrected chi connectivity index (χ2v) is 9.70. The molecule has 0 spiro atoms. The normalized spacial score (nSPS) is 11.7. The fourth-order valence-electron chi connectivity index (χ4n) is 3.90. The van der Waals surface area contributed by atoms with Crippen LogP contribution in [0.25, 0.3) is 0 Å². The molecule has 0 saturated carbocycles. The van der Waals surface area contributed by atoms with Gasteiger partial charge in [0.05, 0.1) is 10.6 Å². The Hall–Kier alpha value is -3.06. The summed E-state index contributed by atoms with van der Waals surface area (Å²) in [5.74, 6) is -1.30. The number of amides is 1. The summed E-state index contributed by atoms with van der Waals surface area (Å²) < 4.78 is 5.54. The number of esters is 1. The molecule has 1 amide bonds. The molecule has 6 nitrogen and oxygen atoms in total. The van der Waals surface area contributed by atoms with Crippen LogP contribution >= 0.6 is 23.2 Å². The zero-order valence-corrected chi connectivity index (χ0v) is 22.5. The molecule has 0 heterocycles. The fourth-order valence-corrected chi connectivity index (χ4v) is 4.55. The monoisotopic (exact) mass is 542 g/mol. The zero-order valence-electron chi connectivity index (χ0n) is 21.0. The van der Waals surface area contributed by atoms with Gasteiger partial charge in [-0.2, -0.15) is 0 Å². The van der Waals surface area contributed by atoms with Crippen molar-refractivity contribution in [1.29, 1.82) is 0 Å². The second kappa shape index (κ2) is 14.0. The first-order valence-electron chi connectivity index (χ1n) is 12.3. The number of halogens is 2. The number of aryl methyl sites for hydroxylation is 1. The molecular weight excluding hydrogens is 511 g/mol. The third-order valence-corrected chi connectivity index (χ3v) is 6.74. The molecule has 0 bridgehead atoms. The molecule has 8 heteroatoms. The topological polar surface area (TPSA) is 87.7 Å². The predicted octanol–water partition coefficient (Wildman–Crippen LogP) is 5.89. The lowest BCUT2D eigenvalue weighted by Gasteiger charge is -2.19. The van der Waals surface area contributed by atoms with Crippen LogP contribution in [0.1, 0.15) is 46.3 Å². The highest BCUT2D eigenvalue weighted by Gasteiger charge is 2.27. The zero-order chi connectivity index (χ0) is 26.8. The number of carbonyl (C=O) groups is 2. The summed E-state index contributed by atoms with van der Waals surface area (Å²) in [5, 5.41) is 16.9. The van der Waals surface area contributed by atoms with Crippen LogP contribution in [-0.2, 0) is 17.6 Å². The van der Waals surface area contributed by atoms with Gasteiger partial charge in [0.2, 0.25) is 0 Å². The Morgan fingerprint density at radius 2 is 1.70 bits per heavy atom. The maximum atomic E-state index is 13.2. The molecule has 0 aliphatic heterocycles. The minimum absolute atomic E-state index is 0.0492. The van der Waals surface area contributed by atoms with Crippen LogP contribution in [0.4, 0.5) is 0 Å². The van der Waals surface area contributed by atoms with Crippen molar-refractivity contribution in [3.63, 3.8) is 0 Å². The first kappa shape index (κ1) is 28.5. The molecule has 0 unspecified atom stereocenters. The molecule has 0 aliphatic carbocycles. The number of carbonyl (C=O) groups excluding carboxylic acids is 2. The van der Waals surface area contributed by atoms with Crippen LogP contribution in [0.2, 0.25) is 10.0 Å². The van der Waals surface area contributed by atoms with Crippen molar-refractivity contribution < 1.29 is 19.4 Å². The van der Waals surface area contributed by atoms with Crippen LogP contribution in [0, 0.1) is 6.92 Å². The third-order valence-electron chi connectivity index (χ3n) is 6.00. The number of ether oxygens (including phenoxy) is 1. The number of hydrogen-bond acceptors (Lipinski definition) is 5. The first-order chi connectivity index (χ1) is 17.8. The fraction of sp³-hybridized carbons (Fsp3) is 0.310. The minimum Gasteiger partial charge on any atom is -0.506 e. The average molecular weight is 543 g/mol. The van der Waals surface area contributed by atoms with Gasteiger partial charge < -0.3 is 20.5 Å². The van der Waals surface area contributed by atoms with Gasteiger partial charge in [0, 0.05) is 11.4 Å². The molecule has 3 aromatic rings. The number of hydrogen-bond donors (Lipinski definition) is 3. The maximum absolute atomic E-state index is 13.2. The highest BCUT2D eigenvalue weighted by atomic mass is 35.5. The lowest BCUT2D eigenvalue weighted by molar-refractivity contribution is -0.136. The molecule has 0 radical (unpaired) electrons. The average Bonchev–Trinajstić information content (AvgIpc) is 2.89. The minimum atomic E-state index is -1.01. The van der Waals surface area contributed by atoms with Gasteiger partial charge in [-0.25, -0.2) is 4.79 Å². The molecule has 1 atom stereocenters. The summed E-state index contributed by atoms with van der Waals surface area (Å²) in [6.45, 7) is 2.85. The number of nitrogens with one attached hydrogen (secondary N) is 2. The van der Waals surface area contributed by atoms with E-state index in [0.29, 0.717) is 22.8 Å². The predicted molar refractivity (Wildman–Crippen MR) is 148 cm³/mol. The Labute approximate surface area is 227 Å². The Morgan fingerprint density at radius 3 is 2.38 bits per heavy atom. The van der Waals surface area contributed by atoms with Gasteiger partial charge >= 0.3 is 5.97 Å². The summed E-state index contributed by atoms with van der Waals surface area (Å²) in [4.78, 5) is 26.3. The molecule has 3 N–H and O–H groups in total. The smallest absolute Gasteiger partial charge is 0.334 e. The van der Waals surface area contributed by atoms with E-state index in [1.165, 1.54) is 6.07 Å². The number of phenolic OH excluding ortho intramolecular Hbond substituents is 1. The Balaban J connectivity index is 1.79. The molecule has 3 rings (SSSR count). The van der Waals surface area contributed by atoms with E-state index in [9.17, 15) is 14.7 Å². The molecule has 3 aromatic carbocycles. The maximum Gasteiger partial charge on any atom is 0.334 e. The third kappa shape index (κ3) is 8.22. The van der Waals surface area contributed by atoms with Gasteiger partial charge in [-0.3, -0.25) is 4.79 Å². The van der Waals surface area contributed by atoms with Gasteiger partial charge in [-0.1, -0.05) is 77.7 Å². The quantitative estimate of drug-likeness (QED) is 0.151. The van der Waals surface area contributed by atoms with E-state index >= 15 is 0 Å². The molecule has 0 aromatic heterocycles. The SMILES string of the molecule is CNCCCCCc1c(Cl)cc(C(=O)N[C@@H](Cc2ccccc2)C(=O)Oc2ccc(C)cc2)c(O)c1Cl. The van der Waals surface area contributed by atoms with Gasteiger partial charge in [0.1, 0.15) is 17.5 Å². The molecule has 37 heavy (non-hydrogen) atoms. The lowest BCUT2D eigenvalue weighted by atomic mass is 10.0. The highest BCUT2D eigenvalue weighted by molar-refractivity contribution is 6.37. The van der Waals surface area contributed by atoms with Crippen LogP contribution in [0.5, 0.6) is 11.5 Å². The van der Waals surface area contributed by atoms with Gasteiger partial charge in [0.15, 0.2) is 0 Å². The number of benzene rings is 3. The molecule has 196 valence electrons. The van der Waals surface area contributed by atoms with Crippen molar-refractivity contribution >= 4 is 35.1 Å². The second-order valence-electron chi connectivity index (χ2n) is 8.91. The van der Waals surface area contributed by atoms with Crippen LogP contribution in [0.3, 0.4) is 0 Å². The number of aromatic hydroxyl groups is 1. The van der Waals surface area contributed by atoms with E-state index in [2.05, 4.69) is 10.6 Å². The summed E-state index contributed by atoms with van der Waals surface area (Å²) >= 11 is 12.9. The van der Waals surface area contributed by atoms with Crippen molar-refractivity contribution in [2.24, 2.45) is 0 Å². The Kier molecular flexibility index (Phi) is 10.8. The summed E-state index contributed by atoms with van der Waals surface area (Å²) in [6, 6.07) is 16.7. The molecule has 0 aliphatic rings. The first-order valence-corrected chi connectivity index (χ1v) is 13.0. The van der Waals surface area contributed by atoms with Crippen molar-refractivity contribution in [3.05, 3.63) is 93.0 Å². The molecule has 0 saturated heterocycles. The summed E-state index contributed by atoms with van der Waals surface area (Å²) in [7, 11) is 1.90. The van der Waals surface area contributed by atoms with E-state index in [1.54, 1.807) is 12.1 Å². The number of rotatable bonds is 12. The van der Waals surface area contributed by atoms with Crippen molar-refractivity contribution in [2.75, 3.05) is 13.6 Å². The number of unbranched alkanes of at least 4 members (excludes halogenated alkanes) is 2. The van der Waals surface area contributed by atoms with Gasteiger partial charge in [-0.05, 0) is 69.1 Å². The van der Waals surface area contributed by atoms with Gasteiger partial charge in [-0.15, -0.1) is 0 Å². The van der Waals surface area contributed by atoms with Crippen LogP contribution in [0.15, 0.2) is 60.7 Å². The van der Waals surface area contributed by atoms with E-state index < -0.39 is 17.9 Å². The standard InChI is InChI=1S/C29H32Cl2N2O4/c1-19-12-14-21(15-13-19)37-29(36)25(17-20-9-5-3-6-10-20)33-28(35)23-18-24(30)22(26(31)27(23)34)11-7-4-8-16-32-2/h3,5-6,9-10,12-15,18,25,32,34H,4,7-8,11,16-17H2,1-2H3,(H,33,35)/t25-/m0/s1. The van der Waals surface area contributed by atoms with Crippen molar-refractivity contribution in [1.82, 2.24) is 10.6 Å². The summed E-state index contributed by atoms with van der Waals surface area (Å²) in [6.07, 6.45) is 3.61.